The van der Waals surface area contributed by atoms with Gasteiger partial charge in [0.25, 0.3) is 0 Å². The lowest BCUT2D eigenvalue weighted by Gasteiger charge is -2.16. The van der Waals surface area contributed by atoms with E-state index in [9.17, 15) is 13.2 Å². The second-order valence-corrected chi connectivity index (χ2v) is 5.24. The molecule has 0 spiro atoms. The molecule has 0 aliphatic carbocycles. The van der Waals surface area contributed by atoms with Crippen LogP contribution < -0.4 is 5.32 Å². The number of likely N-dealkylation sites (N-methyl/N-ethyl adjacent to an activating group) is 1. The largest absolute Gasteiger partial charge is 0.417 e. The average molecular weight is 283 g/mol. The molecule has 6 heteroatoms. The number of likely N-dealkylation sites (tertiary alicyclic amines) is 1. The average Bonchev–Trinajstić information content (AvgIpc) is 2.67. The first-order valence-electron chi connectivity index (χ1n) is 6.39. The quantitative estimate of drug-likeness (QED) is 0.906. The van der Waals surface area contributed by atoms with Gasteiger partial charge in [0.15, 0.2) is 0 Å². The molecule has 1 saturated heterocycles. The maximum absolute atomic E-state index is 12.9. The van der Waals surface area contributed by atoms with Crippen molar-refractivity contribution in [1.29, 1.82) is 5.26 Å². The summed E-state index contributed by atoms with van der Waals surface area (Å²) in [7, 11) is 1.99. The van der Waals surface area contributed by atoms with Crippen molar-refractivity contribution in [3.05, 3.63) is 29.3 Å². The molecule has 108 valence electrons. The van der Waals surface area contributed by atoms with Crippen molar-refractivity contribution in [2.75, 3.05) is 18.9 Å². The zero-order valence-electron chi connectivity index (χ0n) is 11.3. The van der Waals surface area contributed by atoms with Crippen molar-refractivity contribution in [2.24, 2.45) is 0 Å². The van der Waals surface area contributed by atoms with Crippen molar-refractivity contribution in [2.45, 2.75) is 31.6 Å². The monoisotopic (exact) mass is 283 g/mol. The summed E-state index contributed by atoms with van der Waals surface area (Å²) in [5.41, 5.74) is -0.826. The lowest BCUT2D eigenvalue weighted by atomic mass is 10.1. The molecule has 1 aromatic rings. The molecular weight excluding hydrogens is 267 g/mol. The third kappa shape index (κ3) is 3.05. The Morgan fingerprint density at radius 1 is 1.40 bits per heavy atom. The normalized spacial score (nSPS) is 23.6. The Morgan fingerprint density at radius 3 is 2.60 bits per heavy atom. The molecule has 2 rings (SSSR count). The number of anilines is 1. The van der Waals surface area contributed by atoms with Crippen LogP contribution in [-0.4, -0.2) is 30.6 Å². The van der Waals surface area contributed by atoms with Crippen molar-refractivity contribution in [3.63, 3.8) is 0 Å². The highest BCUT2D eigenvalue weighted by Crippen LogP contribution is 2.34. The van der Waals surface area contributed by atoms with Gasteiger partial charge in [-0.15, -0.1) is 0 Å². The Balaban J connectivity index is 2.20. The van der Waals surface area contributed by atoms with E-state index in [1.807, 2.05) is 7.05 Å². The van der Waals surface area contributed by atoms with Gasteiger partial charge in [0.05, 0.1) is 17.2 Å². The summed E-state index contributed by atoms with van der Waals surface area (Å²) in [4.78, 5) is 2.16. The number of alkyl halides is 3. The summed E-state index contributed by atoms with van der Waals surface area (Å²) in [6.45, 7) is 2.88. The number of nitrogens with one attached hydrogen (secondary N) is 1. The lowest BCUT2D eigenvalue weighted by molar-refractivity contribution is -0.137. The van der Waals surface area contributed by atoms with Crippen molar-refractivity contribution in [3.8, 4) is 6.07 Å². The molecule has 1 aromatic carbocycles. The van der Waals surface area contributed by atoms with Gasteiger partial charge in [-0.1, -0.05) is 0 Å². The van der Waals surface area contributed by atoms with Gasteiger partial charge >= 0.3 is 6.18 Å². The molecule has 0 saturated carbocycles. The third-order valence-electron chi connectivity index (χ3n) is 3.70. The van der Waals surface area contributed by atoms with Crippen LogP contribution in [0.5, 0.6) is 0 Å². The van der Waals surface area contributed by atoms with Gasteiger partial charge in [-0.2, -0.15) is 18.4 Å². The number of benzene rings is 1. The molecule has 0 amide bonds. The van der Waals surface area contributed by atoms with Crippen LogP contribution in [0.1, 0.15) is 24.5 Å². The van der Waals surface area contributed by atoms with Crippen LogP contribution in [-0.2, 0) is 6.18 Å². The molecule has 2 unspecified atom stereocenters. The van der Waals surface area contributed by atoms with Gasteiger partial charge in [-0.25, -0.2) is 0 Å². The summed E-state index contributed by atoms with van der Waals surface area (Å²) >= 11 is 0. The SMILES string of the molecule is CC1CC(Nc2ccc(C#N)c(C(F)(F)F)c2)CN1C. The van der Waals surface area contributed by atoms with Crippen molar-refractivity contribution >= 4 is 5.69 Å². The fraction of sp³-hybridized carbons (Fsp3) is 0.500. The molecule has 3 nitrogen and oxygen atoms in total. The van der Waals surface area contributed by atoms with Gasteiger partial charge < -0.3 is 10.2 Å². The van der Waals surface area contributed by atoms with E-state index >= 15 is 0 Å². The van der Waals surface area contributed by atoms with Crippen molar-refractivity contribution < 1.29 is 13.2 Å². The van der Waals surface area contributed by atoms with Crippen LogP contribution in [0.15, 0.2) is 18.2 Å². The van der Waals surface area contributed by atoms with Crippen LogP contribution in [0.3, 0.4) is 0 Å². The first-order chi connectivity index (χ1) is 9.31. The molecule has 1 N–H and O–H groups in total. The fourth-order valence-electron chi connectivity index (χ4n) is 2.50. The van der Waals surface area contributed by atoms with Crippen LogP contribution in [0.4, 0.5) is 18.9 Å². The van der Waals surface area contributed by atoms with E-state index in [2.05, 4.69) is 17.1 Å². The molecule has 0 radical (unpaired) electrons. The summed E-state index contributed by atoms with van der Waals surface area (Å²) in [6, 6.07) is 5.88. The number of nitrogens with zero attached hydrogens (tertiary/aromatic N) is 2. The minimum Gasteiger partial charge on any atom is -0.381 e. The Morgan fingerprint density at radius 2 is 2.10 bits per heavy atom. The third-order valence-corrected chi connectivity index (χ3v) is 3.70. The van der Waals surface area contributed by atoms with E-state index < -0.39 is 11.7 Å². The highest BCUT2D eigenvalue weighted by atomic mass is 19.4. The van der Waals surface area contributed by atoms with E-state index in [0.717, 1.165) is 19.0 Å². The Kier molecular flexibility index (Phi) is 3.91. The fourth-order valence-corrected chi connectivity index (χ4v) is 2.50. The molecule has 1 aliphatic rings. The van der Waals surface area contributed by atoms with Crippen LogP contribution >= 0.6 is 0 Å². The molecule has 1 heterocycles. The molecular formula is C14H16F3N3. The Hall–Kier alpha value is -1.74. The van der Waals surface area contributed by atoms with Gasteiger partial charge in [-0.05, 0) is 38.6 Å². The van der Waals surface area contributed by atoms with Crippen LogP contribution in [0.2, 0.25) is 0 Å². The summed E-state index contributed by atoms with van der Waals surface area (Å²) in [5.74, 6) is 0. The second-order valence-electron chi connectivity index (χ2n) is 5.24. The minimum atomic E-state index is -4.51. The Labute approximate surface area is 116 Å². The zero-order valence-corrected chi connectivity index (χ0v) is 11.3. The highest BCUT2D eigenvalue weighted by Gasteiger charge is 2.34. The van der Waals surface area contributed by atoms with Crippen LogP contribution in [0.25, 0.3) is 0 Å². The number of nitriles is 1. The molecule has 0 bridgehead atoms. The second kappa shape index (κ2) is 5.33. The molecule has 2 atom stereocenters. The Bertz CT molecular complexity index is 523. The summed E-state index contributed by atoms with van der Waals surface area (Å²) in [5, 5.41) is 11.9. The minimum absolute atomic E-state index is 0.129. The zero-order chi connectivity index (χ0) is 14.9. The number of halogens is 3. The van der Waals surface area contributed by atoms with Gasteiger partial charge in [0.1, 0.15) is 0 Å². The van der Waals surface area contributed by atoms with E-state index in [1.165, 1.54) is 12.1 Å². The summed E-state index contributed by atoms with van der Waals surface area (Å²) in [6.07, 6.45) is -3.62. The maximum atomic E-state index is 12.9. The van der Waals surface area contributed by atoms with Crippen LogP contribution in [0, 0.1) is 11.3 Å². The molecule has 1 fully saturated rings. The topological polar surface area (TPSA) is 39.1 Å². The molecule has 20 heavy (non-hydrogen) atoms. The maximum Gasteiger partial charge on any atom is 0.417 e. The predicted octanol–water partition coefficient (Wildman–Crippen LogP) is 3.08. The lowest BCUT2D eigenvalue weighted by Crippen LogP contribution is -2.25. The van der Waals surface area contributed by atoms with E-state index in [-0.39, 0.29) is 11.6 Å². The number of rotatable bonds is 2. The van der Waals surface area contributed by atoms with E-state index in [4.69, 9.17) is 5.26 Å². The first-order valence-corrected chi connectivity index (χ1v) is 6.39. The van der Waals surface area contributed by atoms with E-state index in [1.54, 1.807) is 6.07 Å². The summed E-state index contributed by atoms with van der Waals surface area (Å²) < 4.78 is 38.6. The highest BCUT2D eigenvalue weighted by molar-refractivity contribution is 5.53. The number of hydrogen-bond acceptors (Lipinski definition) is 3. The standard InChI is InChI=1S/C14H16F3N3/c1-9-5-12(8-20(9)2)19-11-4-3-10(7-18)13(6-11)14(15,16)17/h3-4,6,9,12,19H,5,8H2,1-2H3. The molecule has 1 aliphatic heterocycles. The van der Waals surface area contributed by atoms with Gasteiger partial charge in [0.2, 0.25) is 0 Å². The van der Waals surface area contributed by atoms with Crippen molar-refractivity contribution in [1.82, 2.24) is 4.90 Å². The predicted molar refractivity (Wildman–Crippen MR) is 70.3 cm³/mol. The first kappa shape index (κ1) is 14.7. The smallest absolute Gasteiger partial charge is 0.381 e. The molecule has 0 aromatic heterocycles. The van der Waals surface area contributed by atoms with E-state index in [0.29, 0.717) is 11.7 Å². The van der Waals surface area contributed by atoms with Gasteiger partial charge in [-0.3, -0.25) is 0 Å². The van der Waals surface area contributed by atoms with Gasteiger partial charge in [0, 0.05) is 24.3 Å². The number of hydrogen-bond donors (Lipinski definition) is 1.